The fourth-order valence-electron chi connectivity index (χ4n) is 2.16. The summed E-state index contributed by atoms with van der Waals surface area (Å²) in [6.45, 7) is 0. The van der Waals surface area contributed by atoms with Gasteiger partial charge in [0.1, 0.15) is 0 Å². The lowest BCUT2D eigenvalue weighted by molar-refractivity contribution is 0.582. The molecule has 0 bridgehead atoms. The molecule has 0 radical (unpaired) electrons. The second-order valence-electron chi connectivity index (χ2n) is 4.13. The van der Waals surface area contributed by atoms with Gasteiger partial charge in [0.05, 0.1) is 16.5 Å². The van der Waals surface area contributed by atoms with Crippen LogP contribution in [0.4, 0.5) is 0 Å². The first-order chi connectivity index (χ1) is 8.92. The molecular formula is C15H9NOS. The largest absolute Gasteiger partial charge is 0.462 e. The van der Waals surface area contributed by atoms with Gasteiger partial charge >= 0.3 is 0 Å². The third-order valence-electron chi connectivity index (χ3n) is 3.01. The molecule has 86 valence electrons. The van der Waals surface area contributed by atoms with E-state index in [1.165, 1.54) is 15.5 Å². The van der Waals surface area contributed by atoms with Gasteiger partial charge in [0.25, 0.3) is 0 Å². The zero-order valence-electron chi connectivity index (χ0n) is 9.46. The van der Waals surface area contributed by atoms with Crippen LogP contribution in [0.2, 0.25) is 0 Å². The van der Waals surface area contributed by atoms with Crippen molar-refractivity contribution < 1.29 is 4.42 Å². The third-order valence-corrected chi connectivity index (χ3v) is 4.13. The fraction of sp³-hybridized carbons (Fsp3) is 0. The van der Waals surface area contributed by atoms with E-state index in [-0.39, 0.29) is 0 Å². The number of nitrogens with zero attached hydrogens (tertiary/aromatic N) is 1. The van der Waals surface area contributed by atoms with Crippen LogP contribution in [0.25, 0.3) is 31.8 Å². The van der Waals surface area contributed by atoms with Gasteiger partial charge in [-0.2, -0.15) is 0 Å². The fourth-order valence-corrected chi connectivity index (χ4v) is 3.23. The van der Waals surface area contributed by atoms with Crippen LogP contribution in [0, 0.1) is 0 Å². The molecule has 0 N–H and O–H groups in total. The monoisotopic (exact) mass is 251 g/mol. The average Bonchev–Trinajstić information content (AvgIpc) is 3.07. The van der Waals surface area contributed by atoms with Crippen molar-refractivity contribution in [3.8, 4) is 10.8 Å². The molecule has 4 rings (SSSR count). The van der Waals surface area contributed by atoms with Crippen LogP contribution < -0.4 is 0 Å². The standard InChI is InChI=1S/C15H9NOS/c1-2-5-11-10(4-1)7-8-12-14(11)18-15(16-12)13-6-3-9-17-13/h1-9H. The van der Waals surface area contributed by atoms with Gasteiger partial charge in [-0.15, -0.1) is 11.3 Å². The normalized spacial score (nSPS) is 11.3. The number of hydrogen-bond donors (Lipinski definition) is 0. The van der Waals surface area contributed by atoms with Crippen molar-refractivity contribution in [3.63, 3.8) is 0 Å². The number of rotatable bonds is 1. The minimum absolute atomic E-state index is 0.834. The highest BCUT2D eigenvalue weighted by atomic mass is 32.1. The number of thiazole rings is 1. The first kappa shape index (κ1) is 9.85. The highest BCUT2D eigenvalue weighted by Crippen LogP contribution is 2.34. The molecule has 4 aromatic rings. The van der Waals surface area contributed by atoms with Crippen LogP contribution in [0.5, 0.6) is 0 Å². The summed E-state index contributed by atoms with van der Waals surface area (Å²) < 4.78 is 6.63. The SMILES string of the molecule is c1coc(-c2nc3ccc4ccccc4c3s2)c1. The first-order valence-corrected chi connectivity index (χ1v) is 6.56. The molecule has 0 aliphatic rings. The van der Waals surface area contributed by atoms with Gasteiger partial charge < -0.3 is 4.42 Å². The predicted octanol–water partition coefficient (Wildman–Crippen LogP) is 4.71. The van der Waals surface area contributed by atoms with Crippen LogP contribution in [-0.2, 0) is 0 Å². The number of hydrogen-bond acceptors (Lipinski definition) is 3. The number of aromatic nitrogens is 1. The Bertz CT molecular complexity index is 830. The Kier molecular flexibility index (Phi) is 2.02. The number of furan rings is 1. The van der Waals surface area contributed by atoms with Crippen molar-refractivity contribution in [3.05, 3.63) is 54.8 Å². The average molecular weight is 251 g/mol. The summed E-state index contributed by atoms with van der Waals surface area (Å²) in [6, 6.07) is 16.4. The summed E-state index contributed by atoms with van der Waals surface area (Å²) in [7, 11) is 0. The van der Waals surface area contributed by atoms with Gasteiger partial charge in [-0.3, -0.25) is 0 Å². The quantitative estimate of drug-likeness (QED) is 0.489. The summed E-state index contributed by atoms with van der Waals surface area (Å²) >= 11 is 1.68. The smallest absolute Gasteiger partial charge is 0.162 e. The third kappa shape index (κ3) is 1.38. The summed E-state index contributed by atoms with van der Waals surface area (Å²) in [5.41, 5.74) is 1.03. The second-order valence-corrected chi connectivity index (χ2v) is 5.13. The zero-order chi connectivity index (χ0) is 11.9. The molecular weight excluding hydrogens is 242 g/mol. The molecule has 0 saturated carbocycles. The topological polar surface area (TPSA) is 26.0 Å². The minimum Gasteiger partial charge on any atom is -0.462 e. The van der Waals surface area contributed by atoms with Crippen molar-refractivity contribution in [1.82, 2.24) is 4.98 Å². The Morgan fingerprint density at radius 3 is 2.78 bits per heavy atom. The maximum absolute atomic E-state index is 5.41. The van der Waals surface area contributed by atoms with Crippen LogP contribution in [0.1, 0.15) is 0 Å². The van der Waals surface area contributed by atoms with E-state index in [1.807, 2.05) is 12.1 Å². The Hall–Kier alpha value is -2.13. The van der Waals surface area contributed by atoms with Crippen LogP contribution >= 0.6 is 11.3 Å². The molecule has 0 aliphatic heterocycles. The van der Waals surface area contributed by atoms with E-state index in [4.69, 9.17) is 4.42 Å². The highest BCUT2D eigenvalue weighted by Gasteiger charge is 2.10. The molecule has 3 heteroatoms. The number of fused-ring (bicyclic) bond motifs is 3. The molecule has 0 saturated heterocycles. The maximum Gasteiger partial charge on any atom is 0.162 e. The lowest BCUT2D eigenvalue weighted by Gasteiger charge is -1.96. The molecule has 2 aromatic heterocycles. The van der Waals surface area contributed by atoms with E-state index in [2.05, 4.69) is 41.4 Å². The highest BCUT2D eigenvalue weighted by molar-refractivity contribution is 7.22. The van der Waals surface area contributed by atoms with Gasteiger partial charge in [0, 0.05) is 5.39 Å². The molecule has 0 fully saturated rings. The first-order valence-electron chi connectivity index (χ1n) is 5.74. The zero-order valence-corrected chi connectivity index (χ0v) is 10.3. The van der Waals surface area contributed by atoms with E-state index >= 15 is 0 Å². The number of benzene rings is 2. The van der Waals surface area contributed by atoms with E-state index in [1.54, 1.807) is 17.6 Å². The van der Waals surface area contributed by atoms with Crippen molar-refractivity contribution >= 4 is 32.3 Å². The molecule has 0 amide bonds. The summed E-state index contributed by atoms with van der Waals surface area (Å²) in [4.78, 5) is 4.63. The van der Waals surface area contributed by atoms with Gasteiger partial charge in [0.15, 0.2) is 10.8 Å². The van der Waals surface area contributed by atoms with E-state index in [0.717, 1.165) is 16.3 Å². The minimum atomic E-state index is 0.834. The van der Waals surface area contributed by atoms with Gasteiger partial charge in [0.2, 0.25) is 0 Å². The summed E-state index contributed by atoms with van der Waals surface area (Å²) in [6.07, 6.45) is 1.68. The maximum atomic E-state index is 5.41. The van der Waals surface area contributed by atoms with Crippen molar-refractivity contribution in [2.75, 3.05) is 0 Å². The molecule has 0 atom stereocenters. The lowest BCUT2D eigenvalue weighted by Crippen LogP contribution is -1.73. The molecule has 0 unspecified atom stereocenters. The van der Waals surface area contributed by atoms with Crippen LogP contribution in [-0.4, -0.2) is 4.98 Å². The second kappa shape index (κ2) is 3.68. The van der Waals surface area contributed by atoms with Crippen molar-refractivity contribution in [1.29, 1.82) is 0 Å². The Morgan fingerprint density at radius 2 is 1.89 bits per heavy atom. The summed E-state index contributed by atoms with van der Waals surface area (Å²) in [5.74, 6) is 0.834. The lowest BCUT2D eigenvalue weighted by atomic mass is 10.1. The molecule has 2 aromatic carbocycles. The van der Waals surface area contributed by atoms with Gasteiger partial charge in [-0.1, -0.05) is 30.3 Å². The van der Waals surface area contributed by atoms with Gasteiger partial charge in [-0.05, 0) is 23.6 Å². The molecule has 2 heterocycles. The van der Waals surface area contributed by atoms with Crippen molar-refractivity contribution in [2.24, 2.45) is 0 Å². The molecule has 2 nitrogen and oxygen atoms in total. The van der Waals surface area contributed by atoms with E-state index in [9.17, 15) is 0 Å². The molecule has 18 heavy (non-hydrogen) atoms. The molecule has 0 spiro atoms. The van der Waals surface area contributed by atoms with Crippen molar-refractivity contribution in [2.45, 2.75) is 0 Å². The van der Waals surface area contributed by atoms with Crippen LogP contribution in [0.3, 0.4) is 0 Å². The van der Waals surface area contributed by atoms with Gasteiger partial charge in [-0.25, -0.2) is 4.98 Å². The predicted molar refractivity (Wildman–Crippen MR) is 74.8 cm³/mol. The van der Waals surface area contributed by atoms with Crippen LogP contribution in [0.15, 0.2) is 59.2 Å². The Labute approximate surface area is 108 Å². The van der Waals surface area contributed by atoms with E-state index in [0.29, 0.717) is 0 Å². The Morgan fingerprint density at radius 1 is 0.944 bits per heavy atom. The molecule has 0 aliphatic carbocycles. The van der Waals surface area contributed by atoms with E-state index < -0.39 is 0 Å². The Balaban J connectivity index is 2.08. The summed E-state index contributed by atoms with van der Waals surface area (Å²) in [5, 5.41) is 3.44.